The Kier molecular flexibility index (Phi) is 5.77. The van der Waals surface area contributed by atoms with E-state index in [9.17, 15) is 0 Å². The number of oxime groups is 1. The van der Waals surface area contributed by atoms with E-state index in [0.29, 0.717) is 13.2 Å². The average molecular weight is 332 g/mol. The van der Waals surface area contributed by atoms with Gasteiger partial charge >= 0.3 is 0 Å². The van der Waals surface area contributed by atoms with Crippen LogP contribution >= 0.6 is 0 Å². The molecule has 0 saturated carbocycles. The Hall–Kier alpha value is -3.14. The highest BCUT2D eigenvalue weighted by molar-refractivity contribution is 5.79. The van der Waals surface area contributed by atoms with E-state index in [2.05, 4.69) is 41.3 Å². The van der Waals surface area contributed by atoms with Gasteiger partial charge in [0, 0.05) is 18.0 Å². The van der Waals surface area contributed by atoms with Crippen LogP contribution in [0.25, 0.3) is 0 Å². The van der Waals surface area contributed by atoms with E-state index in [1.54, 1.807) is 18.6 Å². The number of hydrogen-bond acceptors (Lipinski definition) is 4. The molecule has 0 aliphatic carbocycles. The second-order valence-corrected chi connectivity index (χ2v) is 5.71. The normalized spacial score (nSPS) is 10.8. The fourth-order valence-corrected chi connectivity index (χ4v) is 2.19. The highest BCUT2D eigenvalue weighted by Gasteiger charge is 1.97. The van der Waals surface area contributed by atoms with Crippen LogP contribution in [0, 0.1) is 6.92 Å². The number of aryl methyl sites for hydroxylation is 1. The third-order valence-electron chi connectivity index (χ3n) is 3.64. The van der Waals surface area contributed by atoms with Gasteiger partial charge in [0.1, 0.15) is 19.0 Å². The lowest BCUT2D eigenvalue weighted by Crippen LogP contribution is -1.95. The summed E-state index contributed by atoms with van der Waals surface area (Å²) in [7, 11) is 0. The minimum atomic E-state index is 0.405. The topological polar surface area (TPSA) is 43.7 Å². The molecule has 0 aliphatic heterocycles. The van der Waals surface area contributed by atoms with Gasteiger partial charge in [0.25, 0.3) is 0 Å². The van der Waals surface area contributed by atoms with Crippen LogP contribution in [0.2, 0.25) is 0 Å². The van der Waals surface area contributed by atoms with Crippen LogP contribution in [-0.2, 0) is 18.1 Å². The molecule has 2 aromatic carbocycles. The van der Waals surface area contributed by atoms with Crippen LogP contribution in [0.3, 0.4) is 0 Å². The molecule has 25 heavy (non-hydrogen) atoms. The number of pyridine rings is 1. The van der Waals surface area contributed by atoms with Gasteiger partial charge in [-0.05, 0) is 48.4 Å². The fraction of sp³-hybridized carbons (Fsp3) is 0.143. The first-order valence-electron chi connectivity index (χ1n) is 8.12. The molecule has 0 radical (unpaired) electrons. The van der Waals surface area contributed by atoms with Crippen molar-refractivity contribution in [2.75, 3.05) is 0 Å². The van der Waals surface area contributed by atoms with Gasteiger partial charge in [-0.15, -0.1) is 0 Å². The maximum Gasteiger partial charge on any atom is 0.143 e. The van der Waals surface area contributed by atoms with E-state index in [-0.39, 0.29) is 0 Å². The van der Waals surface area contributed by atoms with E-state index in [1.807, 2.05) is 36.4 Å². The number of hydrogen-bond donors (Lipinski definition) is 0. The van der Waals surface area contributed by atoms with Crippen LogP contribution in [0.1, 0.15) is 22.3 Å². The molecule has 0 amide bonds. The van der Waals surface area contributed by atoms with Crippen LogP contribution in [0.5, 0.6) is 5.75 Å². The Morgan fingerprint density at radius 1 is 0.920 bits per heavy atom. The molecule has 1 aromatic heterocycles. The van der Waals surface area contributed by atoms with Crippen molar-refractivity contribution in [1.82, 2.24) is 4.98 Å². The van der Waals surface area contributed by atoms with Crippen LogP contribution in [0.15, 0.2) is 78.2 Å². The zero-order valence-electron chi connectivity index (χ0n) is 14.1. The molecule has 0 aliphatic rings. The van der Waals surface area contributed by atoms with Crippen LogP contribution in [-0.4, -0.2) is 11.2 Å². The van der Waals surface area contributed by atoms with Gasteiger partial charge in [-0.3, -0.25) is 4.98 Å². The van der Waals surface area contributed by atoms with Crippen LogP contribution < -0.4 is 4.74 Å². The molecule has 0 fully saturated rings. The van der Waals surface area contributed by atoms with E-state index in [1.165, 1.54) is 5.56 Å². The van der Waals surface area contributed by atoms with Gasteiger partial charge in [0.2, 0.25) is 0 Å². The molecule has 126 valence electrons. The third kappa shape index (κ3) is 5.46. The number of ether oxygens (including phenoxy) is 1. The molecular weight excluding hydrogens is 312 g/mol. The third-order valence-corrected chi connectivity index (χ3v) is 3.64. The molecular formula is C21H20N2O2. The minimum absolute atomic E-state index is 0.405. The first-order chi connectivity index (χ1) is 12.3. The fourth-order valence-electron chi connectivity index (χ4n) is 2.19. The summed E-state index contributed by atoms with van der Waals surface area (Å²) in [5, 5.41) is 3.97. The van der Waals surface area contributed by atoms with E-state index < -0.39 is 0 Å². The van der Waals surface area contributed by atoms with Gasteiger partial charge in [-0.1, -0.05) is 41.1 Å². The molecule has 1 heterocycles. The lowest BCUT2D eigenvalue weighted by molar-refractivity contribution is 0.132. The standard InChI is InChI=1S/C21H20N2O2/c1-17-4-6-19(7-5-17)15-24-21-10-8-18(9-11-21)14-23-25-16-20-3-2-12-22-13-20/h2-14H,15-16H2,1H3/b23-14+. The quantitative estimate of drug-likeness (QED) is 0.472. The van der Waals surface area contributed by atoms with Crippen molar-refractivity contribution in [3.63, 3.8) is 0 Å². The molecule has 0 atom stereocenters. The minimum Gasteiger partial charge on any atom is -0.489 e. The monoisotopic (exact) mass is 332 g/mol. The SMILES string of the molecule is Cc1ccc(COc2ccc(/C=N/OCc3cccnc3)cc2)cc1. The lowest BCUT2D eigenvalue weighted by Gasteiger charge is -2.06. The Morgan fingerprint density at radius 2 is 1.72 bits per heavy atom. The Labute approximate surface area is 147 Å². The predicted octanol–water partition coefficient (Wildman–Crippen LogP) is 4.52. The second kappa shape index (κ2) is 8.64. The van der Waals surface area contributed by atoms with E-state index in [0.717, 1.165) is 22.4 Å². The van der Waals surface area contributed by atoms with Crippen molar-refractivity contribution >= 4 is 6.21 Å². The van der Waals surface area contributed by atoms with E-state index >= 15 is 0 Å². The van der Waals surface area contributed by atoms with Gasteiger partial charge in [-0.25, -0.2) is 0 Å². The molecule has 0 N–H and O–H groups in total. The summed E-state index contributed by atoms with van der Waals surface area (Å²) in [5.41, 5.74) is 4.34. The number of benzene rings is 2. The van der Waals surface area contributed by atoms with Crippen LogP contribution in [0.4, 0.5) is 0 Å². The molecule has 0 spiro atoms. The van der Waals surface area contributed by atoms with Crippen molar-refractivity contribution in [3.05, 3.63) is 95.3 Å². The largest absolute Gasteiger partial charge is 0.489 e. The predicted molar refractivity (Wildman–Crippen MR) is 98.6 cm³/mol. The first kappa shape index (κ1) is 16.7. The zero-order chi connectivity index (χ0) is 17.3. The number of rotatable bonds is 7. The van der Waals surface area contributed by atoms with Crippen molar-refractivity contribution in [2.45, 2.75) is 20.1 Å². The van der Waals surface area contributed by atoms with Crippen molar-refractivity contribution < 1.29 is 9.57 Å². The van der Waals surface area contributed by atoms with Gasteiger partial charge < -0.3 is 9.57 Å². The molecule has 4 nitrogen and oxygen atoms in total. The second-order valence-electron chi connectivity index (χ2n) is 5.71. The summed E-state index contributed by atoms with van der Waals surface area (Å²) < 4.78 is 5.79. The summed E-state index contributed by atoms with van der Waals surface area (Å²) in [6.07, 6.45) is 5.17. The highest BCUT2D eigenvalue weighted by Crippen LogP contribution is 2.14. The summed E-state index contributed by atoms with van der Waals surface area (Å²) >= 11 is 0. The maximum absolute atomic E-state index is 5.79. The van der Waals surface area contributed by atoms with Crippen molar-refractivity contribution in [3.8, 4) is 5.75 Å². The Balaban J connectivity index is 1.46. The van der Waals surface area contributed by atoms with E-state index in [4.69, 9.17) is 9.57 Å². The summed E-state index contributed by atoms with van der Waals surface area (Å²) in [6, 6.07) is 19.9. The average Bonchev–Trinajstić information content (AvgIpc) is 2.67. The zero-order valence-corrected chi connectivity index (χ0v) is 14.1. The lowest BCUT2D eigenvalue weighted by atomic mass is 10.2. The summed E-state index contributed by atoms with van der Waals surface area (Å²) in [4.78, 5) is 9.30. The maximum atomic E-state index is 5.79. The molecule has 0 saturated heterocycles. The number of aromatic nitrogens is 1. The summed E-state index contributed by atoms with van der Waals surface area (Å²) in [5.74, 6) is 0.828. The van der Waals surface area contributed by atoms with Crippen molar-refractivity contribution in [2.24, 2.45) is 5.16 Å². The smallest absolute Gasteiger partial charge is 0.143 e. The van der Waals surface area contributed by atoms with Gasteiger partial charge in [0.15, 0.2) is 0 Å². The molecule has 3 aromatic rings. The highest BCUT2D eigenvalue weighted by atomic mass is 16.6. The molecule has 4 heteroatoms. The Morgan fingerprint density at radius 3 is 2.44 bits per heavy atom. The van der Waals surface area contributed by atoms with Crippen molar-refractivity contribution in [1.29, 1.82) is 0 Å². The Bertz CT molecular complexity index is 798. The molecule has 3 rings (SSSR count). The molecule has 0 bridgehead atoms. The first-order valence-corrected chi connectivity index (χ1v) is 8.12. The van der Waals surface area contributed by atoms with Gasteiger partial charge in [-0.2, -0.15) is 0 Å². The molecule has 0 unspecified atom stereocenters. The number of nitrogens with zero attached hydrogens (tertiary/aromatic N) is 2. The summed E-state index contributed by atoms with van der Waals surface area (Å²) in [6.45, 7) is 3.04. The van der Waals surface area contributed by atoms with Gasteiger partial charge in [0.05, 0.1) is 6.21 Å².